The van der Waals surface area contributed by atoms with Crippen LogP contribution >= 0.6 is 22.9 Å². The molecule has 1 heterocycles. The maximum absolute atomic E-state index is 5.86. The number of thiophene rings is 1. The van der Waals surface area contributed by atoms with Crippen molar-refractivity contribution in [3.63, 3.8) is 0 Å². The van der Waals surface area contributed by atoms with E-state index in [1.807, 2.05) is 6.07 Å². The molecule has 1 rings (SSSR count). The number of rotatable bonds is 6. The normalized spacial score (nSPS) is 12.0. The molecule has 0 atom stereocenters. The second-order valence-corrected chi connectivity index (χ2v) is 6.10. The predicted molar refractivity (Wildman–Crippen MR) is 68.8 cm³/mol. The third-order valence-corrected chi connectivity index (χ3v) is 3.66. The van der Waals surface area contributed by atoms with Crippen LogP contribution in [0.25, 0.3) is 0 Å². The first-order valence-corrected chi connectivity index (χ1v) is 6.42. The first kappa shape index (κ1) is 13.0. The van der Waals surface area contributed by atoms with Gasteiger partial charge in [0.1, 0.15) is 0 Å². The molecule has 0 bridgehead atoms. The van der Waals surface area contributed by atoms with E-state index >= 15 is 0 Å². The number of hydrogen-bond acceptors (Lipinski definition) is 3. The Labute approximate surface area is 101 Å². The Morgan fingerprint density at radius 3 is 2.73 bits per heavy atom. The number of halogens is 1. The minimum absolute atomic E-state index is 0.135. The maximum atomic E-state index is 5.86. The smallest absolute Gasteiger partial charge is 0.0931 e. The van der Waals surface area contributed by atoms with Gasteiger partial charge in [0.15, 0.2) is 0 Å². The lowest BCUT2D eigenvalue weighted by atomic mass is 10.0. The van der Waals surface area contributed by atoms with Crippen LogP contribution in [0.1, 0.15) is 25.1 Å². The summed E-state index contributed by atoms with van der Waals surface area (Å²) in [7, 11) is 0. The van der Waals surface area contributed by atoms with E-state index in [0.29, 0.717) is 0 Å². The lowest BCUT2D eigenvalue weighted by molar-refractivity contribution is 0.370. The largest absolute Gasteiger partial charge is 0.330 e. The van der Waals surface area contributed by atoms with E-state index in [2.05, 4.69) is 25.2 Å². The van der Waals surface area contributed by atoms with Crippen LogP contribution in [0.5, 0.6) is 0 Å². The fourth-order valence-corrected chi connectivity index (χ4v) is 2.55. The molecule has 0 aliphatic carbocycles. The first-order chi connectivity index (χ1) is 7.03. The molecule has 0 spiro atoms. The van der Waals surface area contributed by atoms with Gasteiger partial charge in [0.25, 0.3) is 0 Å². The van der Waals surface area contributed by atoms with E-state index in [1.54, 1.807) is 11.3 Å². The van der Waals surface area contributed by atoms with E-state index in [9.17, 15) is 0 Å². The van der Waals surface area contributed by atoms with Gasteiger partial charge < -0.3 is 11.1 Å². The van der Waals surface area contributed by atoms with Crippen molar-refractivity contribution < 1.29 is 0 Å². The Kier molecular flexibility index (Phi) is 5.06. The first-order valence-electron chi connectivity index (χ1n) is 5.23. The second kappa shape index (κ2) is 5.85. The zero-order chi connectivity index (χ0) is 11.3. The molecule has 0 aromatic carbocycles. The summed E-state index contributed by atoms with van der Waals surface area (Å²) in [6.07, 6.45) is 2.03. The second-order valence-electron chi connectivity index (χ2n) is 4.31. The summed E-state index contributed by atoms with van der Waals surface area (Å²) < 4.78 is 0.867. The summed E-state index contributed by atoms with van der Waals surface area (Å²) in [5.41, 5.74) is 5.68. The molecular formula is C11H19ClN2S. The minimum Gasteiger partial charge on any atom is -0.330 e. The van der Waals surface area contributed by atoms with Gasteiger partial charge >= 0.3 is 0 Å². The molecule has 0 saturated heterocycles. The van der Waals surface area contributed by atoms with Crippen LogP contribution in [0.2, 0.25) is 4.34 Å². The summed E-state index contributed by atoms with van der Waals surface area (Å²) in [6, 6.07) is 4.04. The summed E-state index contributed by atoms with van der Waals surface area (Å²) in [4.78, 5) is 1.33. The number of nitrogens with one attached hydrogen (secondary N) is 1. The van der Waals surface area contributed by atoms with Gasteiger partial charge in [0.05, 0.1) is 4.34 Å². The highest BCUT2D eigenvalue weighted by Gasteiger charge is 2.14. The lowest BCUT2D eigenvalue weighted by Gasteiger charge is -2.25. The summed E-state index contributed by atoms with van der Waals surface area (Å²) in [5.74, 6) is 0. The molecule has 3 N–H and O–H groups in total. The van der Waals surface area contributed by atoms with Crippen LogP contribution in [-0.2, 0) is 6.42 Å². The van der Waals surface area contributed by atoms with Crippen molar-refractivity contribution in [2.45, 2.75) is 32.2 Å². The number of hydrogen-bond donors (Lipinski definition) is 2. The Hall–Kier alpha value is -0.0900. The predicted octanol–water partition coefficient (Wildman–Crippen LogP) is 2.66. The van der Waals surface area contributed by atoms with Crippen LogP contribution in [0, 0.1) is 0 Å². The Morgan fingerprint density at radius 1 is 1.47 bits per heavy atom. The van der Waals surface area contributed by atoms with Crippen molar-refractivity contribution in [1.82, 2.24) is 5.32 Å². The van der Waals surface area contributed by atoms with Gasteiger partial charge in [-0.05, 0) is 45.4 Å². The molecule has 0 radical (unpaired) electrons. The maximum Gasteiger partial charge on any atom is 0.0931 e. The zero-order valence-electron chi connectivity index (χ0n) is 9.35. The van der Waals surface area contributed by atoms with Crippen molar-refractivity contribution in [2.24, 2.45) is 5.73 Å². The van der Waals surface area contributed by atoms with E-state index in [4.69, 9.17) is 17.3 Å². The molecule has 0 amide bonds. The molecule has 15 heavy (non-hydrogen) atoms. The van der Waals surface area contributed by atoms with E-state index in [0.717, 1.165) is 30.3 Å². The Bertz CT molecular complexity index is 297. The van der Waals surface area contributed by atoms with Crippen molar-refractivity contribution >= 4 is 22.9 Å². The summed E-state index contributed by atoms with van der Waals surface area (Å²) in [6.45, 7) is 6.07. The molecule has 0 unspecified atom stereocenters. The summed E-state index contributed by atoms with van der Waals surface area (Å²) >= 11 is 7.51. The molecule has 4 heteroatoms. The lowest BCUT2D eigenvalue weighted by Crippen LogP contribution is -2.41. The highest BCUT2D eigenvalue weighted by molar-refractivity contribution is 7.16. The van der Waals surface area contributed by atoms with Crippen LogP contribution < -0.4 is 11.1 Å². The van der Waals surface area contributed by atoms with Crippen LogP contribution in [0.3, 0.4) is 0 Å². The third-order valence-electron chi connectivity index (χ3n) is 2.37. The fraction of sp³-hybridized carbons (Fsp3) is 0.636. The zero-order valence-corrected chi connectivity index (χ0v) is 10.9. The third kappa shape index (κ3) is 4.98. The van der Waals surface area contributed by atoms with Crippen LogP contribution in [0.4, 0.5) is 0 Å². The molecule has 0 aliphatic heterocycles. The standard InChI is InChI=1S/C11H19ClN2S/c1-11(2,6-7-13)14-8-5-9-3-4-10(12)15-9/h3-4,14H,5-8,13H2,1-2H3. The average Bonchev–Trinajstić information content (AvgIpc) is 2.51. The van der Waals surface area contributed by atoms with Crippen LogP contribution in [-0.4, -0.2) is 18.6 Å². The molecule has 1 aromatic heterocycles. The molecule has 0 aliphatic rings. The topological polar surface area (TPSA) is 38.0 Å². The van der Waals surface area contributed by atoms with Gasteiger partial charge in [-0.25, -0.2) is 0 Å². The van der Waals surface area contributed by atoms with E-state index in [1.165, 1.54) is 4.88 Å². The minimum atomic E-state index is 0.135. The monoisotopic (exact) mass is 246 g/mol. The van der Waals surface area contributed by atoms with Gasteiger partial charge in [0.2, 0.25) is 0 Å². The molecule has 0 fully saturated rings. The average molecular weight is 247 g/mol. The van der Waals surface area contributed by atoms with Gasteiger partial charge in [0, 0.05) is 17.0 Å². The van der Waals surface area contributed by atoms with Crippen molar-refractivity contribution in [1.29, 1.82) is 0 Å². The Morgan fingerprint density at radius 2 is 2.20 bits per heavy atom. The van der Waals surface area contributed by atoms with Gasteiger partial charge in [-0.1, -0.05) is 11.6 Å². The van der Waals surface area contributed by atoms with Crippen molar-refractivity contribution in [2.75, 3.05) is 13.1 Å². The molecular weight excluding hydrogens is 228 g/mol. The Balaban J connectivity index is 2.27. The van der Waals surface area contributed by atoms with Gasteiger partial charge in [-0.3, -0.25) is 0 Å². The quantitative estimate of drug-likeness (QED) is 0.810. The van der Waals surface area contributed by atoms with Crippen molar-refractivity contribution in [3.8, 4) is 0 Å². The van der Waals surface area contributed by atoms with Gasteiger partial charge in [-0.15, -0.1) is 11.3 Å². The molecule has 86 valence electrons. The van der Waals surface area contributed by atoms with Crippen molar-refractivity contribution in [3.05, 3.63) is 21.3 Å². The highest BCUT2D eigenvalue weighted by Crippen LogP contribution is 2.21. The van der Waals surface area contributed by atoms with E-state index in [-0.39, 0.29) is 5.54 Å². The fourth-order valence-electron chi connectivity index (χ4n) is 1.46. The molecule has 0 saturated carbocycles. The van der Waals surface area contributed by atoms with Gasteiger partial charge in [-0.2, -0.15) is 0 Å². The highest BCUT2D eigenvalue weighted by atomic mass is 35.5. The number of nitrogens with two attached hydrogens (primary N) is 1. The SMILES string of the molecule is CC(C)(CCN)NCCc1ccc(Cl)s1. The molecule has 2 nitrogen and oxygen atoms in total. The van der Waals surface area contributed by atoms with Crippen LogP contribution in [0.15, 0.2) is 12.1 Å². The summed E-state index contributed by atoms with van der Waals surface area (Å²) in [5, 5.41) is 3.50. The van der Waals surface area contributed by atoms with E-state index < -0.39 is 0 Å². The molecule has 1 aromatic rings.